The Kier molecular flexibility index (Phi) is 5.99. The Bertz CT molecular complexity index is 853. The van der Waals surface area contributed by atoms with Crippen molar-refractivity contribution < 1.29 is 4.79 Å². The third-order valence-electron chi connectivity index (χ3n) is 7.83. The first kappa shape index (κ1) is 20.6. The van der Waals surface area contributed by atoms with E-state index in [1.165, 1.54) is 56.6 Å². The first-order valence-electron chi connectivity index (χ1n) is 12.1. The van der Waals surface area contributed by atoms with Gasteiger partial charge in [0.25, 0.3) is 0 Å². The Hall–Kier alpha value is -2.33. The third-order valence-corrected chi connectivity index (χ3v) is 7.83. The van der Waals surface area contributed by atoms with Gasteiger partial charge in [-0.3, -0.25) is 4.79 Å². The van der Waals surface area contributed by atoms with E-state index < -0.39 is 0 Å². The van der Waals surface area contributed by atoms with Crippen molar-refractivity contribution in [3.05, 3.63) is 66.2 Å². The molecule has 2 saturated heterocycles. The average molecular weight is 418 g/mol. The van der Waals surface area contributed by atoms with Gasteiger partial charge in [-0.15, -0.1) is 0 Å². The number of anilines is 1. The van der Waals surface area contributed by atoms with E-state index in [2.05, 4.69) is 75.4 Å². The number of amides is 1. The highest BCUT2D eigenvalue weighted by molar-refractivity contribution is 5.83. The van der Waals surface area contributed by atoms with Crippen LogP contribution in [0.1, 0.15) is 31.2 Å². The predicted molar refractivity (Wildman–Crippen MR) is 126 cm³/mol. The minimum atomic E-state index is 0.294. The molecule has 4 nitrogen and oxygen atoms in total. The molecular formula is C27H35N3O. The van der Waals surface area contributed by atoms with Crippen LogP contribution in [0.4, 0.5) is 5.69 Å². The minimum absolute atomic E-state index is 0.294. The molecule has 5 rings (SSSR count). The van der Waals surface area contributed by atoms with Crippen LogP contribution in [0.15, 0.2) is 60.7 Å². The van der Waals surface area contributed by atoms with E-state index in [9.17, 15) is 4.79 Å². The van der Waals surface area contributed by atoms with Crippen LogP contribution in [-0.4, -0.2) is 61.5 Å². The minimum Gasteiger partial charge on any atom is -0.368 e. The molecule has 0 unspecified atom stereocenters. The summed E-state index contributed by atoms with van der Waals surface area (Å²) in [6.45, 7) is 7.15. The summed E-state index contributed by atoms with van der Waals surface area (Å²) in [7, 11) is 0. The maximum Gasteiger partial charge on any atom is 0.226 e. The maximum atomic E-state index is 13.2. The second-order valence-electron chi connectivity index (χ2n) is 9.70. The van der Waals surface area contributed by atoms with Crippen LogP contribution in [0.3, 0.4) is 0 Å². The smallest absolute Gasteiger partial charge is 0.226 e. The zero-order valence-corrected chi connectivity index (χ0v) is 18.6. The summed E-state index contributed by atoms with van der Waals surface area (Å²) in [6.07, 6.45) is 5.93. The molecule has 1 spiro atoms. The third kappa shape index (κ3) is 4.64. The largest absolute Gasteiger partial charge is 0.368 e. The topological polar surface area (TPSA) is 26.8 Å². The van der Waals surface area contributed by atoms with Gasteiger partial charge in [0.2, 0.25) is 5.91 Å². The van der Waals surface area contributed by atoms with Crippen LogP contribution in [0.5, 0.6) is 0 Å². The molecule has 1 atom stereocenters. The molecule has 0 bridgehead atoms. The van der Waals surface area contributed by atoms with Gasteiger partial charge in [0.1, 0.15) is 0 Å². The Labute approximate surface area is 186 Å². The van der Waals surface area contributed by atoms with Gasteiger partial charge in [-0.25, -0.2) is 0 Å². The number of carbonyl (C=O) groups is 1. The summed E-state index contributed by atoms with van der Waals surface area (Å²) in [4.78, 5) is 20.3. The molecule has 1 amide bonds. The number of aryl methyl sites for hydroxylation is 1. The van der Waals surface area contributed by atoms with Crippen LogP contribution >= 0.6 is 0 Å². The molecule has 0 N–H and O–H groups in total. The number of rotatable bonds is 6. The molecule has 3 fully saturated rings. The molecule has 31 heavy (non-hydrogen) atoms. The molecule has 1 saturated carbocycles. The van der Waals surface area contributed by atoms with Gasteiger partial charge in [0.05, 0.1) is 0 Å². The van der Waals surface area contributed by atoms with Crippen LogP contribution in [0, 0.1) is 11.3 Å². The Morgan fingerprint density at radius 2 is 1.48 bits per heavy atom. The summed E-state index contributed by atoms with van der Waals surface area (Å²) < 4.78 is 0. The van der Waals surface area contributed by atoms with Crippen molar-refractivity contribution in [2.24, 2.45) is 11.3 Å². The number of piperazine rings is 1. The number of piperidine rings is 1. The summed E-state index contributed by atoms with van der Waals surface area (Å²) in [5, 5.41) is 0. The van der Waals surface area contributed by atoms with Gasteiger partial charge >= 0.3 is 0 Å². The normalized spacial score (nSPS) is 23.2. The van der Waals surface area contributed by atoms with Crippen LogP contribution in [-0.2, 0) is 11.2 Å². The van der Waals surface area contributed by atoms with Gasteiger partial charge in [0.15, 0.2) is 0 Å². The average Bonchev–Trinajstić information content (AvgIpc) is 3.54. The lowest BCUT2D eigenvalue weighted by Crippen LogP contribution is -2.50. The summed E-state index contributed by atoms with van der Waals surface area (Å²) in [5.74, 6) is 0.729. The molecule has 4 heteroatoms. The summed E-state index contributed by atoms with van der Waals surface area (Å²) >= 11 is 0. The molecule has 0 aromatic heterocycles. The number of para-hydroxylation sites is 1. The van der Waals surface area contributed by atoms with E-state index in [1.807, 2.05) is 0 Å². The van der Waals surface area contributed by atoms with Crippen LogP contribution in [0.25, 0.3) is 0 Å². The van der Waals surface area contributed by atoms with Gasteiger partial charge in [-0.05, 0) is 74.8 Å². The highest BCUT2D eigenvalue weighted by Gasteiger charge is 2.59. The first-order valence-corrected chi connectivity index (χ1v) is 12.1. The van der Waals surface area contributed by atoms with E-state index in [4.69, 9.17) is 0 Å². The van der Waals surface area contributed by atoms with E-state index in [1.54, 1.807) is 0 Å². The fraction of sp³-hybridized carbons (Fsp3) is 0.519. The lowest BCUT2D eigenvalue weighted by molar-refractivity contribution is -0.134. The summed E-state index contributed by atoms with van der Waals surface area (Å²) in [6, 6.07) is 21.4. The Morgan fingerprint density at radius 1 is 0.839 bits per heavy atom. The molecule has 2 aromatic rings. The van der Waals surface area contributed by atoms with Crippen molar-refractivity contribution in [3.63, 3.8) is 0 Å². The van der Waals surface area contributed by atoms with Gasteiger partial charge in [0, 0.05) is 37.8 Å². The fourth-order valence-electron chi connectivity index (χ4n) is 5.67. The van der Waals surface area contributed by atoms with Crippen LogP contribution < -0.4 is 4.90 Å². The molecule has 3 aliphatic rings. The van der Waals surface area contributed by atoms with Gasteiger partial charge < -0.3 is 14.7 Å². The molecule has 2 heterocycles. The van der Waals surface area contributed by atoms with Crippen molar-refractivity contribution in [2.45, 2.75) is 32.1 Å². The number of hydrogen-bond acceptors (Lipinski definition) is 3. The number of nitrogens with zero attached hydrogens (tertiary/aromatic N) is 3. The Morgan fingerprint density at radius 3 is 2.16 bits per heavy atom. The highest BCUT2D eigenvalue weighted by atomic mass is 16.2. The lowest BCUT2D eigenvalue weighted by atomic mass is 9.90. The van der Waals surface area contributed by atoms with E-state index in [0.717, 1.165) is 32.6 Å². The first-order chi connectivity index (χ1) is 15.2. The zero-order valence-electron chi connectivity index (χ0n) is 18.6. The van der Waals surface area contributed by atoms with Gasteiger partial charge in [-0.2, -0.15) is 0 Å². The number of benzene rings is 2. The van der Waals surface area contributed by atoms with Crippen molar-refractivity contribution in [1.82, 2.24) is 9.80 Å². The van der Waals surface area contributed by atoms with Crippen molar-refractivity contribution in [1.29, 1.82) is 0 Å². The number of likely N-dealkylation sites (tertiary alicyclic amines) is 1. The zero-order chi connectivity index (χ0) is 21.1. The van der Waals surface area contributed by atoms with Crippen molar-refractivity contribution in [2.75, 3.05) is 50.7 Å². The van der Waals surface area contributed by atoms with Crippen LogP contribution in [0.2, 0.25) is 0 Å². The second-order valence-corrected chi connectivity index (χ2v) is 9.70. The molecule has 2 aliphatic heterocycles. The van der Waals surface area contributed by atoms with E-state index in [0.29, 0.717) is 17.2 Å². The SMILES string of the molecule is O=C([C@H]1CC12CCN(CCCc1ccccc1)CC2)N1CCN(c2ccccc2)CC1. The molecule has 0 radical (unpaired) electrons. The van der Waals surface area contributed by atoms with Crippen molar-refractivity contribution >= 4 is 11.6 Å². The molecule has 164 valence electrons. The highest BCUT2D eigenvalue weighted by Crippen LogP contribution is 2.60. The molecule has 1 aliphatic carbocycles. The van der Waals surface area contributed by atoms with E-state index in [-0.39, 0.29) is 0 Å². The van der Waals surface area contributed by atoms with Crippen molar-refractivity contribution in [3.8, 4) is 0 Å². The standard InChI is InChI=1S/C27H35N3O/c31-26(30-20-18-29(19-21-30)24-11-5-2-6-12-24)25-22-27(25)13-16-28(17-14-27)15-7-10-23-8-3-1-4-9-23/h1-6,8-9,11-12,25H,7,10,13-22H2/t25-/m1/s1. The summed E-state index contributed by atoms with van der Waals surface area (Å²) in [5.41, 5.74) is 3.04. The lowest BCUT2D eigenvalue weighted by Gasteiger charge is -2.37. The van der Waals surface area contributed by atoms with E-state index >= 15 is 0 Å². The predicted octanol–water partition coefficient (Wildman–Crippen LogP) is 4.07. The molecule has 2 aromatic carbocycles. The maximum absolute atomic E-state index is 13.2. The van der Waals surface area contributed by atoms with Gasteiger partial charge in [-0.1, -0.05) is 48.5 Å². The quantitative estimate of drug-likeness (QED) is 0.709. The number of carbonyl (C=O) groups excluding carboxylic acids is 1. The Balaban J connectivity index is 1.04. The molecular weight excluding hydrogens is 382 g/mol. The fourth-order valence-corrected chi connectivity index (χ4v) is 5.67. The number of hydrogen-bond donors (Lipinski definition) is 0. The second kappa shape index (κ2) is 9.04. The monoisotopic (exact) mass is 417 g/mol.